The third kappa shape index (κ3) is 5.21. The summed E-state index contributed by atoms with van der Waals surface area (Å²) in [6.07, 6.45) is 0. The lowest BCUT2D eigenvalue weighted by molar-refractivity contribution is -0.118. The summed E-state index contributed by atoms with van der Waals surface area (Å²) in [7, 11) is 0. The molecule has 0 saturated carbocycles. The van der Waals surface area contributed by atoms with Crippen molar-refractivity contribution in [3.05, 3.63) is 59.7 Å². The van der Waals surface area contributed by atoms with E-state index >= 15 is 0 Å². The first-order valence-electron chi connectivity index (χ1n) is 9.68. The van der Waals surface area contributed by atoms with Crippen LogP contribution in [-0.4, -0.2) is 28.2 Å². The summed E-state index contributed by atoms with van der Waals surface area (Å²) < 4.78 is 0. The van der Waals surface area contributed by atoms with Gasteiger partial charge in [-0.2, -0.15) is 0 Å². The lowest BCUT2D eigenvalue weighted by Crippen LogP contribution is -2.48. The van der Waals surface area contributed by atoms with Gasteiger partial charge in [-0.1, -0.05) is 73.7 Å². The van der Waals surface area contributed by atoms with Gasteiger partial charge in [0.2, 0.25) is 11.0 Å². The summed E-state index contributed by atoms with van der Waals surface area (Å²) in [5.41, 5.74) is 3.59. The van der Waals surface area contributed by atoms with Crippen molar-refractivity contribution in [1.82, 2.24) is 15.5 Å². The maximum atomic E-state index is 12.8. The van der Waals surface area contributed by atoms with Gasteiger partial charge in [-0.05, 0) is 30.9 Å². The fourth-order valence-corrected chi connectivity index (χ4v) is 3.74. The monoisotopic (exact) mass is 423 g/mol. The molecule has 1 atom stereocenters. The van der Waals surface area contributed by atoms with Gasteiger partial charge in [-0.3, -0.25) is 10.1 Å². The highest BCUT2D eigenvalue weighted by atomic mass is 32.1. The maximum absolute atomic E-state index is 12.8. The number of benzene rings is 2. The van der Waals surface area contributed by atoms with Gasteiger partial charge in [0.1, 0.15) is 11.0 Å². The van der Waals surface area contributed by atoms with Crippen LogP contribution in [0, 0.1) is 19.8 Å². The Labute approximate surface area is 179 Å². The average molecular weight is 424 g/mol. The van der Waals surface area contributed by atoms with Crippen molar-refractivity contribution in [2.45, 2.75) is 33.7 Å². The van der Waals surface area contributed by atoms with Crippen molar-refractivity contribution in [2.75, 3.05) is 10.6 Å². The van der Waals surface area contributed by atoms with E-state index in [-0.39, 0.29) is 11.8 Å². The molecule has 0 saturated heterocycles. The number of anilines is 2. The molecule has 3 aromatic rings. The van der Waals surface area contributed by atoms with Gasteiger partial charge in [-0.25, -0.2) is 4.79 Å². The Balaban J connectivity index is 1.66. The number of amides is 3. The number of urea groups is 1. The minimum absolute atomic E-state index is 0.116. The highest BCUT2D eigenvalue weighted by Gasteiger charge is 2.25. The number of nitrogens with one attached hydrogen (secondary N) is 3. The number of aryl methyl sites for hydroxylation is 2. The van der Waals surface area contributed by atoms with Crippen LogP contribution in [0.5, 0.6) is 0 Å². The van der Waals surface area contributed by atoms with Gasteiger partial charge in [0.05, 0.1) is 0 Å². The van der Waals surface area contributed by atoms with Gasteiger partial charge in [0.25, 0.3) is 0 Å². The molecule has 0 aliphatic carbocycles. The molecule has 0 unspecified atom stereocenters. The van der Waals surface area contributed by atoms with E-state index in [1.54, 1.807) is 0 Å². The summed E-state index contributed by atoms with van der Waals surface area (Å²) in [5, 5.41) is 17.7. The first-order chi connectivity index (χ1) is 14.3. The normalized spacial score (nSPS) is 11.8. The Hall–Kier alpha value is -3.26. The third-order valence-corrected chi connectivity index (χ3v) is 5.52. The molecule has 0 radical (unpaired) electrons. The quantitative estimate of drug-likeness (QED) is 0.540. The second-order valence-electron chi connectivity index (χ2n) is 7.35. The molecule has 0 aliphatic heterocycles. The maximum Gasteiger partial charge on any atom is 0.319 e. The topological polar surface area (TPSA) is 96.0 Å². The van der Waals surface area contributed by atoms with Gasteiger partial charge >= 0.3 is 6.03 Å². The SMILES string of the molecule is Cc1cccc(C)c1NC(=O)N[C@H](C(=O)Nc1nnc(-c2ccccc2)s1)C(C)C. The summed E-state index contributed by atoms with van der Waals surface area (Å²) in [6.45, 7) is 7.60. The molecule has 2 aromatic carbocycles. The molecule has 0 fully saturated rings. The van der Waals surface area contributed by atoms with Crippen LogP contribution in [0.25, 0.3) is 10.6 Å². The summed E-state index contributed by atoms with van der Waals surface area (Å²) >= 11 is 1.29. The fraction of sp³-hybridized carbons (Fsp3) is 0.273. The Kier molecular flexibility index (Phi) is 6.79. The van der Waals surface area contributed by atoms with Gasteiger partial charge in [0, 0.05) is 11.3 Å². The molecule has 8 heteroatoms. The van der Waals surface area contributed by atoms with E-state index in [9.17, 15) is 9.59 Å². The van der Waals surface area contributed by atoms with Crippen LogP contribution in [-0.2, 0) is 4.79 Å². The molecule has 3 amide bonds. The minimum atomic E-state index is -0.724. The minimum Gasteiger partial charge on any atom is -0.326 e. The van der Waals surface area contributed by atoms with Gasteiger partial charge in [-0.15, -0.1) is 10.2 Å². The van der Waals surface area contributed by atoms with Gasteiger partial charge in [0.15, 0.2) is 0 Å². The second-order valence-corrected chi connectivity index (χ2v) is 8.33. The highest BCUT2D eigenvalue weighted by Crippen LogP contribution is 2.26. The summed E-state index contributed by atoms with van der Waals surface area (Å²) in [4.78, 5) is 25.4. The zero-order valence-corrected chi connectivity index (χ0v) is 18.2. The smallest absolute Gasteiger partial charge is 0.319 e. The molecule has 1 heterocycles. The predicted molar refractivity (Wildman–Crippen MR) is 121 cm³/mol. The molecule has 0 aliphatic rings. The molecular weight excluding hydrogens is 398 g/mol. The van der Waals surface area contributed by atoms with E-state index in [1.165, 1.54) is 11.3 Å². The number of carbonyl (C=O) groups excluding carboxylic acids is 2. The number of aromatic nitrogens is 2. The largest absolute Gasteiger partial charge is 0.326 e. The average Bonchev–Trinajstić information content (AvgIpc) is 3.18. The van der Waals surface area contributed by atoms with Crippen LogP contribution in [0.15, 0.2) is 48.5 Å². The Bertz CT molecular complexity index is 1010. The predicted octanol–water partition coefficient (Wildman–Crippen LogP) is 4.61. The third-order valence-electron chi connectivity index (χ3n) is 4.63. The molecule has 3 N–H and O–H groups in total. The van der Waals surface area contributed by atoms with Crippen molar-refractivity contribution in [3.63, 3.8) is 0 Å². The standard InChI is InChI=1S/C22H25N5O2S/c1-13(2)17(23-21(29)24-18-14(3)9-8-10-15(18)4)19(28)25-22-27-26-20(30-22)16-11-6-5-7-12-16/h5-13,17H,1-4H3,(H2,23,24,29)(H,25,27,28)/t17-/m0/s1. The van der Waals surface area contributed by atoms with E-state index in [0.29, 0.717) is 10.1 Å². The first kappa shape index (κ1) is 21.4. The number of carbonyl (C=O) groups is 2. The number of hydrogen-bond acceptors (Lipinski definition) is 5. The fourth-order valence-electron chi connectivity index (χ4n) is 2.99. The summed E-state index contributed by atoms with van der Waals surface area (Å²) in [6, 6.07) is 14.3. The van der Waals surface area contributed by atoms with Crippen molar-refractivity contribution in [2.24, 2.45) is 5.92 Å². The van der Waals surface area contributed by atoms with E-state index < -0.39 is 12.1 Å². The lowest BCUT2D eigenvalue weighted by atomic mass is 10.0. The number of hydrogen-bond donors (Lipinski definition) is 3. The summed E-state index contributed by atoms with van der Waals surface area (Å²) in [5.74, 6) is -0.451. The van der Waals surface area contributed by atoms with E-state index in [4.69, 9.17) is 0 Å². The molecule has 0 spiro atoms. The second kappa shape index (κ2) is 9.49. The van der Waals surface area contributed by atoms with E-state index in [1.807, 2.05) is 76.2 Å². The molecule has 7 nitrogen and oxygen atoms in total. The molecule has 30 heavy (non-hydrogen) atoms. The molecule has 3 rings (SSSR count). The Morgan fingerprint density at radius 3 is 2.20 bits per heavy atom. The van der Waals surface area contributed by atoms with Crippen LogP contribution >= 0.6 is 11.3 Å². The van der Waals surface area contributed by atoms with E-state index in [2.05, 4.69) is 26.1 Å². The van der Waals surface area contributed by atoms with Crippen LogP contribution in [0.1, 0.15) is 25.0 Å². The molecule has 156 valence electrons. The van der Waals surface area contributed by atoms with Crippen LogP contribution in [0.2, 0.25) is 0 Å². The molecular formula is C22H25N5O2S. The van der Waals surface area contributed by atoms with Crippen molar-refractivity contribution in [1.29, 1.82) is 0 Å². The Morgan fingerprint density at radius 1 is 0.900 bits per heavy atom. The van der Waals surface area contributed by atoms with Crippen molar-refractivity contribution >= 4 is 34.1 Å². The molecule has 1 aromatic heterocycles. The van der Waals surface area contributed by atoms with Crippen LogP contribution in [0.4, 0.5) is 15.6 Å². The van der Waals surface area contributed by atoms with Crippen LogP contribution in [0.3, 0.4) is 0 Å². The van der Waals surface area contributed by atoms with E-state index in [0.717, 1.165) is 22.4 Å². The first-order valence-corrected chi connectivity index (χ1v) is 10.5. The van der Waals surface area contributed by atoms with Crippen molar-refractivity contribution in [3.8, 4) is 10.6 Å². The lowest BCUT2D eigenvalue weighted by Gasteiger charge is -2.22. The van der Waals surface area contributed by atoms with Crippen LogP contribution < -0.4 is 16.0 Å². The van der Waals surface area contributed by atoms with Gasteiger partial charge < -0.3 is 10.6 Å². The van der Waals surface area contributed by atoms with Crippen molar-refractivity contribution < 1.29 is 9.59 Å². The number of nitrogens with zero attached hydrogens (tertiary/aromatic N) is 2. The molecule has 0 bridgehead atoms. The highest BCUT2D eigenvalue weighted by molar-refractivity contribution is 7.18. The Morgan fingerprint density at radius 2 is 1.57 bits per heavy atom. The zero-order valence-electron chi connectivity index (χ0n) is 17.4. The zero-order chi connectivity index (χ0) is 21.7. The number of para-hydroxylation sites is 1. The number of rotatable bonds is 6.